The third-order valence-electron chi connectivity index (χ3n) is 8.12. The van der Waals surface area contributed by atoms with Crippen molar-refractivity contribution in [3.8, 4) is 56.4 Å². The van der Waals surface area contributed by atoms with E-state index in [1.54, 1.807) is 0 Å². The average Bonchev–Trinajstić information content (AvgIpc) is 3.11. The minimum absolute atomic E-state index is 0.646. The molecule has 3 heteroatoms. The fourth-order valence-electron chi connectivity index (χ4n) is 5.82. The molecule has 0 aliphatic heterocycles. The zero-order chi connectivity index (χ0) is 29.3. The van der Waals surface area contributed by atoms with Gasteiger partial charge in [0.25, 0.3) is 0 Å². The summed E-state index contributed by atoms with van der Waals surface area (Å²) in [6, 6.07) is 57.0. The molecule has 0 radical (unpaired) electrons. The van der Waals surface area contributed by atoms with Crippen LogP contribution in [0.2, 0.25) is 0 Å². The summed E-state index contributed by atoms with van der Waals surface area (Å²) in [6.07, 6.45) is 0. The third kappa shape index (κ3) is 4.91. The van der Waals surface area contributed by atoms with E-state index in [9.17, 15) is 0 Å². The number of aromatic nitrogens is 3. The predicted molar refractivity (Wildman–Crippen MR) is 182 cm³/mol. The van der Waals surface area contributed by atoms with E-state index in [4.69, 9.17) is 15.0 Å². The first-order valence-electron chi connectivity index (χ1n) is 14.8. The van der Waals surface area contributed by atoms with Gasteiger partial charge in [0, 0.05) is 16.7 Å². The molecule has 0 N–H and O–H groups in total. The minimum Gasteiger partial charge on any atom is -0.208 e. The third-order valence-corrected chi connectivity index (χ3v) is 8.12. The van der Waals surface area contributed by atoms with Crippen LogP contribution in [-0.2, 0) is 0 Å². The van der Waals surface area contributed by atoms with Crippen LogP contribution in [0.5, 0.6) is 0 Å². The number of nitrogens with zero attached hydrogens (tertiary/aromatic N) is 3. The summed E-state index contributed by atoms with van der Waals surface area (Å²) in [4.78, 5) is 15.2. The molecule has 0 saturated heterocycles. The predicted octanol–water partition coefficient (Wildman–Crippen LogP) is 10.5. The first kappa shape index (κ1) is 25.8. The van der Waals surface area contributed by atoms with Crippen LogP contribution in [0, 0.1) is 0 Å². The highest BCUT2D eigenvalue weighted by Crippen LogP contribution is 2.32. The molecule has 8 rings (SSSR count). The molecule has 7 aromatic carbocycles. The quantitative estimate of drug-likeness (QED) is 0.210. The summed E-state index contributed by atoms with van der Waals surface area (Å²) in [5.74, 6) is 1.95. The van der Waals surface area contributed by atoms with Gasteiger partial charge in [-0.2, -0.15) is 0 Å². The highest BCUT2D eigenvalue weighted by atomic mass is 15.0. The van der Waals surface area contributed by atoms with Crippen LogP contribution in [0.3, 0.4) is 0 Å². The lowest BCUT2D eigenvalue weighted by atomic mass is 9.99. The Kier molecular flexibility index (Phi) is 6.47. The van der Waals surface area contributed by atoms with Crippen molar-refractivity contribution in [3.63, 3.8) is 0 Å². The minimum atomic E-state index is 0.646. The van der Waals surface area contributed by atoms with E-state index in [0.717, 1.165) is 44.2 Å². The average molecular weight is 562 g/mol. The second-order valence-electron chi connectivity index (χ2n) is 10.9. The molecule has 8 aromatic rings. The second kappa shape index (κ2) is 11.0. The van der Waals surface area contributed by atoms with E-state index in [1.165, 1.54) is 16.3 Å². The molecule has 0 aliphatic carbocycles. The molecule has 0 bridgehead atoms. The zero-order valence-corrected chi connectivity index (χ0v) is 23.9. The number of rotatable bonds is 5. The lowest BCUT2D eigenvalue weighted by Gasteiger charge is -2.12. The van der Waals surface area contributed by atoms with Gasteiger partial charge >= 0.3 is 0 Å². The van der Waals surface area contributed by atoms with Crippen LogP contribution in [0.1, 0.15) is 0 Å². The first-order valence-corrected chi connectivity index (χ1v) is 14.8. The molecule has 0 amide bonds. The molecule has 3 nitrogen and oxygen atoms in total. The van der Waals surface area contributed by atoms with E-state index < -0.39 is 0 Å². The van der Waals surface area contributed by atoms with Crippen molar-refractivity contribution in [2.75, 3.05) is 0 Å². The van der Waals surface area contributed by atoms with Crippen LogP contribution in [0.15, 0.2) is 164 Å². The molecular formula is C41H27N3. The zero-order valence-electron chi connectivity index (χ0n) is 23.9. The van der Waals surface area contributed by atoms with Crippen LogP contribution >= 0.6 is 0 Å². The number of benzene rings is 7. The van der Waals surface area contributed by atoms with Gasteiger partial charge in [-0.05, 0) is 55.9 Å². The maximum Gasteiger partial charge on any atom is 0.164 e. The van der Waals surface area contributed by atoms with Gasteiger partial charge in [0.05, 0.1) is 0 Å². The summed E-state index contributed by atoms with van der Waals surface area (Å²) < 4.78 is 0. The Morgan fingerprint density at radius 1 is 0.273 bits per heavy atom. The van der Waals surface area contributed by atoms with Gasteiger partial charge < -0.3 is 0 Å². The second-order valence-corrected chi connectivity index (χ2v) is 10.9. The highest BCUT2D eigenvalue weighted by molar-refractivity contribution is 5.95. The first-order chi connectivity index (χ1) is 21.8. The van der Waals surface area contributed by atoms with Crippen LogP contribution in [0.25, 0.3) is 78.0 Å². The monoisotopic (exact) mass is 561 g/mol. The normalized spacial score (nSPS) is 11.2. The molecule has 0 unspecified atom stereocenters. The molecule has 0 atom stereocenters. The Morgan fingerprint density at radius 2 is 0.795 bits per heavy atom. The molecule has 1 aromatic heterocycles. The summed E-state index contributed by atoms with van der Waals surface area (Å²) in [5.41, 5.74) is 7.49. The Balaban J connectivity index is 1.27. The standard InChI is InChI=1S/C41H27N3/c1-2-10-28(11-3-1)30-20-23-32(24-21-30)39-42-40(44-41(43-39)38-19-9-15-31-13-6-7-18-37(31)38)36-17-8-16-34(27-36)35-25-22-29-12-4-5-14-33(29)26-35/h1-27H. The van der Waals surface area contributed by atoms with Crippen molar-refractivity contribution < 1.29 is 0 Å². The van der Waals surface area contributed by atoms with Gasteiger partial charge in [-0.1, -0.05) is 152 Å². The van der Waals surface area contributed by atoms with E-state index in [1.807, 2.05) is 6.07 Å². The molecule has 1 heterocycles. The highest BCUT2D eigenvalue weighted by Gasteiger charge is 2.15. The SMILES string of the molecule is c1ccc(-c2ccc(-c3nc(-c4cccc(-c5ccc6ccccc6c5)c4)nc(-c4cccc5ccccc45)n3)cc2)cc1. The van der Waals surface area contributed by atoms with Crippen molar-refractivity contribution in [1.82, 2.24) is 15.0 Å². The molecule has 44 heavy (non-hydrogen) atoms. The van der Waals surface area contributed by atoms with Gasteiger partial charge in [-0.25, -0.2) is 15.0 Å². The number of hydrogen-bond acceptors (Lipinski definition) is 3. The Hall–Kier alpha value is -5.93. The fourth-order valence-corrected chi connectivity index (χ4v) is 5.82. The molecule has 0 saturated carbocycles. The summed E-state index contributed by atoms with van der Waals surface area (Å²) in [7, 11) is 0. The lowest BCUT2D eigenvalue weighted by Crippen LogP contribution is -2.00. The van der Waals surface area contributed by atoms with Crippen molar-refractivity contribution in [3.05, 3.63) is 164 Å². The van der Waals surface area contributed by atoms with Gasteiger partial charge in [0.2, 0.25) is 0 Å². The van der Waals surface area contributed by atoms with E-state index in [2.05, 4.69) is 158 Å². The molecule has 0 fully saturated rings. The van der Waals surface area contributed by atoms with Crippen LogP contribution in [-0.4, -0.2) is 15.0 Å². The molecule has 206 valence electrons. The van der Waals surface area contributed by atoms with E-state index in [-0.39, 0.29) is 0 Å². The van der Waals surface area contributed by atoms with Gasteiger partial charge in [-0.3, -0.25) is 0 Å². The van der Waals surface area contributed by atoms with E-state index >= 15 is 0 Å². The summed E-state index contributed by atoms with van der Waals surface area (Å²) in [5, 5.41) is 4.71. The van der Waals surface area contributed by atoms with Crippen LogP contribution < -0.4 is 0 Å². The van der Waals surface area contributed by atoms with Crippen molar-refractivity contribution in [1.29, 1.82) is 0 Å². The van der Waals surface area contributed by atoms with Gasteiger partial charge in [0.1, 0.15) is 0 Å². The van der Waals surface area contributed by atoms with E-state index in [0.29, 0.717) is 17.5 Å². The summed E-state index contributed by atoms with van der Waals surface area (Å²) in [6.45, 7) is 0. The molecule has 0 aliphatic rings. The Labute approximate surface area is 256 Å². The molecular weight excluding hydrogens is 534 g/mol. The Morgan fingerprint density at radius 3 is 1.64 bits per heavy atom. The van der Waals surface area contributed by atoms with Crippen LogP contribution in [0.4, 0.5) is 0 Å². The number of hydrogen-bond donors (Lipinski definition) is 0. The van der Waals surface area contributed by atoms with Gasteiger partial charge in [-0.15, -0.1) is 0 Å². The van der Waals surface area contributed by atoms with Crippen molar-refractivity contribution in [2.45, 2.75) is 0 Å². The van der Waals surface area contributed by atoms with Gasteiger partial charge in [0.15, 0.2) is 17.5 Å². The topological polar surface area (TPSA) is 38.7 Å². The fraction of sp³-hybridized carbons (Fsp3) is 0. The summed E-state index contributed by atoms with van der Waals surface area (Å²) >= 11 is 0. The largest absolute Gasteiger partial charge is 0.208 e. The maximum absolute atomic E-state index is 5.08. The molecule has 0 spiro atoms. The lowest BCUT2D eigenvalue weighted by molar-refractivity contribution is 1.08. The van der Waals surface area contributed by atoms with Crippen molar-refractivity contribution in [2.24, 2.45) is 0 Å². The number of fused-ring (bicyclic) bond motifs is 2. The smallest absolute Gasteiger partial charge is 0.164 e. The van der Waals surface area contributed by atoms with Crippen molar-refractivity contribution >= 4 is 21.5 Å². The Bertz CT molecular complexity index is 2270. The maximum atomic E-state index is 5.08.